The average molecular weight is 461 g/mol. The van der Waals surface area contributed by atoms with E-state index in [2.05, 4.69) is 0 Å². The molecule has 2 aromatic rings. The van der Waals surface area contributed by atoms with Crippen LogP contribution in [-0.2, 0) is 4.79 Å². The fourth-order valence-electron chi connectivity index (χ4n) is 4.12. The molecule has 1 aliphatic heterocycles. The third kappa shape index (κ3) is 4.63. The van der Waals surface area contributed by atoms with Crippen LogP contribution in [0.1, 0.15) is 28.8 Å². The molecule has 3 rings (SSSR count). The van der Waals surface area contributed by atoms with E-state index >= 15 is 0 Å². The number of carbonyl (C=O) groups is 2. The Balaban J connectivity index is 2.01. The van der Waals surface area contributed by atoms with Gasteiger partial charge in [-0.15, -0.1) is 0 Å². The van der Waals surface area contributed by atoms with Crippen molar-refractivity contribution >= 4 is 23.4 Å². The molecular formula is C24H29ClN2O5. The third-order valence-electron chi connectivity index (χ3n) is 5.96. The number of methoxy groups -OCH3 is 3. The van der Waals surface area contributed by atoms with E-state index in [-0.39, 0.29) is 17.7 Å². The lowest BCUT2D eigenvalue weighted by molar-refractivity contribution is -0.133. The first-order valence-electron chi connectivity index (χ1n) is 10.4. The summed E-state index contributed by atoms with van der Waals surface area (Å²) in [6.45, 7) is 3.21. The molecule has 0 unspecified atom stereocenters. The van der Waals surface area contributed by atoms with Gasteiger partial charge < -0.3 is 24.0 Å². The first-order valence-corrected chi connectivity index (χ1v) is 10.8. The summed E-state index contributed by atoms with van der Waals surface area (Å²) < 4.78 is 16.4. The Morgan fingerprint density at radius 3 is 2.25 bits per heavy atom. The summed E-state index contributed by atoms with van der Waals surface area (Å²) in [6, 6.07) is 10.6. The highest BCUT2D eigenvalue weighted by Gasteiger charge is 2.42. The molecule has 0 spiro atoms. The van der Waals surface area contributed by atoms with Crippen LogP contribution in [0.2, 0.25) is 5.02 Å². The number of hydrogen-bond acceptors (Lipinski definition) is 5. The summed E-state index contributed by atoms with van der Waals surface area (Å²) in [7, 11) is 6.43. The molecule has 0 radical (unpaired) electrons. The molecule has 0 aromatic heterocycles. The maximum Gasteiger partial charge on any atom is 0.253 e. The van der Waals surface area contributed by atoms with Gasteiger partial charge in [0.15, 0.2) is 11.5 Å². The van der Waals surface area contributed by atoms with Crippen LogP contribution in [0.5, 0.6) is 17.2 Å². The third-order valence-corrected chi connectivity index (χ3v) is 6.20. The molecule has 2 aromatic carbocycles. The predicted octanol–water partition coefficient (Wildman–Crippen LogP) is 3.70. The molecule has 1 heterocycles. The molecule has 1 fully saturated rings. The highest BCUT2D eigenvalue weighted by Crippen LogP contribution is 2.43. The second kappa shape index (κ2) is 10.1. The molecule has 172 valence electrons. The Labute approximate surface area is 193 Å². The number of ether oxygens (including phenoxy) is 3. The van der Waals surface area contributed by atoms with E-state index in [1.807, 2.05) is 19.1 Å². The smallest absolute Gasteiger partial charge is 0.253 e. The van der Waals surface area contributed by atoms with E-state index in [4.69, 9.17) is 25.8 Å². The number of likely N-dealkylation sites (tertiary alicyclic amines) is 1. The minimum absolute atomic E-state index is 0.00681. The van der Waals surface area contributed by atoms with Crippen LogP contribution in [0.3, 0.4) is 0 Å². The molecule has 0 bridgehead atoms. The van der Waals surface area contributed by atoms with Crippen LogP contribution in [0.4, 0.5) is 0 Å². The second-order valence-electron chi connectivity index (χ2n) is 7.74. The topological polar surface area (TPSA) is 68.3 Å². The molecule has 2 atom stereocenters. The summed E-state index contributed by atoms with van der Waals surface area (Å²) >= 11 is 6.08. The highest BCUT2D eigenvalue weighted by atomic mass is 35.5. The van der Waals surface area contributed by atoms with E-state index < -0.39 is 5.92 Å². The summed E-state index contributed by atoms with van der Waals surface area (Å²) in [5.74, 6) is 0.719. The van der Waals surface area contributed by atoms with Gasteiger partial charge in [0, 0.05) is 43.2 Å². The van der Waals surface area contributed by atoms with Gasteiger partial charge >= 0.3 is 0 Å². The van der Waals surface area contributed by atoms with Crippen molar-refractivity contribution in [3.8, 4) is 17.2 Å². The highest BCUT2D eigenvalue weighted by molar-refractivity contribution is 6.30. The largest absolute Gasteiger partial charge is 0.493 e. The summed E-state index contributed by atoms with van der Waals surface area (Å²) in [4.78, 5) is 29.8. The molecule has 2 amide bonds. The van der Waals surface area contributed by atoms with Crippen LogP contribution < -0.4 is 14.2 Å². The van der Waals surface area contributed by atoms with E-state index in [1.165, 1.54) is 0 Å². The van der Waals surface area contributed by atoms with Crippen molar-refractivity contribution in [3.63, 3.8) is 0 Å². The number of halogens is 1. The van der Waals surface area contributed by atoms with Crippen LogP contribution in [0.25, 0.3) is 0 Å². The van der Waals surface area contributed by atoms with E-state index in [0.717, 1.165) is 5.56 Å². The molecule has 0 aliphatic carbocycles. The van der Waals surface area contributed by atoms with Gasteiger partial charge in [0.25, 0.3) is 5.91 Å². The zero-order valence-corrected chi connectivity index (χ0v) is 19.8. The molecule has 1 saturated heterocycles. The Morgan fingerprint density at radius 1 is 1.06 bits per heavy atom. The fraction of sp³-hybridized carbons (Fsp3) is 0.417. The quantitative estimate of drug-likeness (QED) is 0.630. The Bertz CT molecular complexity index is 971. The Morgan fingerprint density at radius 2 is 1.72 bits per heavy atom. The van der Waals surface area contributed by atoms with Gasteiger partial charge in [-0.3, -0.25) is 9.59 Å². The van der Waals surface area contributed by atoms with Crippen LogP contribution in [0, 0.1) is 5.92 Å². The number of rotatable bonds is 7. The van der Waals surface area contributed by atoms with Gasteiger partial charge in [0.1, 0.15) is 0 Å². The van der Waals surface area contributed by atoms with Gasteiger partial charge in [-0.2, -0.15) is 0 Å². The van der Waals surface area contributed by atoms with Crippen molar-refractivity contribution in [3.05, 3.63) is 52.5 Å². The fourth-order valence-corrected chi connectivity index (χ4v) is 4.31. The minimum Gasteiger partial charge on any atom is -0.493 e. The lowest BCUT2D eigenvalue weighted by atomic mass is 9.87. The molecule has 8 heteroatoms. The molecule has 0 saturated carbocycles. The number of benzene rings is 2. The van der Waals surface area contributed by atoms with Crippen molar-refractivity contribution < 1.29 is 23.8 Å². The standard InChI is InChI=1S/C24H29ClN2O5/c1-6-26(2)24(29)19-14-27(23(28)15-8-7-9-17(25)10-15)13-18(19)16-11-20(30-3)22(32-5)21(12-16)31-4/h7-12,18-19H,6,13-14H2,1-5H3/t18-,19+/m0/s1. The predicted molar refractivity (Wildman–Crippen MR) is 123 cm³/mol. The average Bonchev–Trinajstić information content (AvgIpc) is 3.26. The number of carbonyl (C=O) groups excluding carboxylic acids is 2. The van der Waals surface area contributed by atoms with Gasteiger partial charge in [-0.1, -0.05) is 17.7 Å². The van der Waals surface area contributed by atoms with Crippen molar-refractivity contribution in [1.82, 2.24) is 9.80 Å². The Hall–Kier alpha value is -2.93. The van der Waals surface area contributed by atoms with Crippen LogP contribution >= 0.6 is 11.6 Å². The van der Waals surface area contributed by atoms with E-state index in [0.29, 0.717) is 47.5 Å². The van der Waals surface area contributed by atoms with Crippen LogP contribution in [0.15, 0.2) is 36.4 Å². The number of hydrogen-bond donors (Lipinski definition) is 0. The maximum atomic E-state index is 13.2. The Kier molecular flexibility index (Phi) is 7.51. The summed E-state index contributed by atoms with van der Waals surface area (Å²) in [6.07, 6.45) is 0. The van der Waals surface area contributed by atoms with E-state index in [1.54, 1.807) is 62.4 Å². The lowest BCUT2D eigenvalue weighted by Crippen LogP contribution is -2.36. The van der Waals surface area contributed by atoms with Crippen molar-refractivity contribution in [2.24, 2.45) is 5.92 Å². The number of nitrogens with zero attached hydrogens (tertiary/aromatic N) is 2. The lowest BCUT2D eigenvalue weighted by Gasteiger charge is -2.24. The monoisotopic (exact) mass is 460 g/mol. The van der Waals surface area contributed by atoms with Crippen molar-refractivity contribution in [2.75, 3.05) is 48.0 Å². The molecule has 32 heavy (non-hydrogen) atoms. The van der Waals surface area contributed by atoms with E-state index in [9.17, 15) is 9.59 Å². The second-order valence-corrected chi connectivity index (χ2v) is 8.18. The minimum atomic E-state index is -0.397. The van der Waals surface area contributed by atoms with Gasteiger partial charge in [0.05, 0.1) is 27.2 Å². The first kappa shape index (κ1) is 23.7. The molecule has 1 aliphatic rings. The maximum absolute atomic E-state index is 13.2. The first-order chi connectivity index (χ1) is 15.3. The van der Waals surface area contributed by atoms with Gasteiger partial charge in [-0.25, -0.2) is 0 Å². The summed E-state index contributed by atoms with van der Waals surface area (Å²) in [5.41, 5.74) is 1.35. The SMILES string of the molecule is CCN(C)C(=O)[C@@H]1CN(C(=O)c2cccc(Cl)c2)C[C@H]1c1cc(OC)c(OC)c(OC)c1. The van der Waals surface area contributed by atoms with Gasteiger partial charge in [0.2, 0.25) is 11.7 Å². The zero-order chi connectivity index (χ0) is 23.4. The van der Waals surface area contributed by atoms with Gasteiger partial charge in [-0.05, 0) is 42.8 Å². The number of amides is 2. The normalized spacial score (nSPS) is 17.8. The summed E-state index contributed by atoms with van der Waals surface area (Å²) in [5, 5.41) is 0.495. The zero-order valence-electron chi connectivity index (χ0n) is 19.1. The molecular weight excluding hydrogens is 432 g/mol. The molecule has 7 nitrogen and oxygen atoms in total. The van der Waals surface area contributed by atoms with Crippen molar-refractivity contribution in [1.29, 1.82) is 0 Å². The van der Waals surface area contributed by atoms with Crippen molar-refractivity contribution in [2.45, 2.75) is 12.8 Å². The molecule has 0 N–H and O–H groups in total. The van der Waals surface area contributed by atoms with Crippen LogP contribution in [-0.4, -0.2) is 69.6 Å².